The second-order valence-electron chi connectivity index (χ2n) is 3.31. The molecule has 0 saturated heterocycles. The summed E-state index contributed by atoms with van der Waals surface area (Å²) in [5, 5.41) is 10.7. The van der Waals surface area contributed by atoms with Crippen LogP contribution in [0.5, 0.6) is 0 Å². The molecule has 1 aromatic carbocycles. The van der Waals surface area contributed by atoms with Crippen LogP contribution in [0.25, 0.3) is 0 Å². The van der Waals surface area contributed by atoms with E-state index in [9.17, 15) is 4.79 Å². The molecule has 0 spiro atoms. The number of carbonyl (C=O) groups is 1. The highest BCUT2D eigenvalue weighted by atomic mass is 32.2. The van der Waals surface area contributed by atoms with E-state index < -0.39 is 0 Å². The zero-order valence-corrected chi connectivity index (χ0v) is 9.96. The van der Waals surface area contributed by atoms with Crippen molar-refractivity contribution in [1.29, 1.82) is 5.26 Å². The molecule has 0 unspecified atom stereocenters. The Hall–Kier alpha value is -1.47. The van der Waals surface area contributed by atoms with Crippen LogP contribution in [0.3, 0.4) is 0 Å². The molecule has 1 aromatic rings. The number of thioether (sulfide) groups is 1. The van der Waals surface area contributed by atoms with Crippen LogP contribution in [0.4, 0.5) is 0 Å². The molecule has 0 aliphatic carbocycles. The van der Waals surface area contributed by atoms with Crippen molar-refractivity contribution in [3.05, 3.63) is 35.9 Å². The molecule has 0 heterocycles. The third-order valence-electron chi connectivity index (χ3n) is 2.05. The highest BCUT2D eigenvalue weighted by molar-refractivity contribution is 7.99. The lowest BCUT2D eigenvalue weighted by atomic mass is 10.2. The molecule has 0 radical (unpaired) electrons. The Labute approximate surface area is 99.8 Å². The van der Waals surface area contributed by atoms with E-state index in [4.69, 9.17) is 5.26 Å². The first kappa shape index (κ1) is 12.6. The van der Waals surface area contributed by atoms with Gasteiger partial charge in [-0.2, -0.15) is 5.26 Å². The van der Waals surface area contributed by atoms with Crippen molar-refractivity contribution in [2.24, 2.45) is 0 Å². The Morgan fingerprint density at radius 3 is 2.81 bits per heavy atom. The Bertz CT molecular complexity index is 372. The molecule has 1 N–H and O–H groups in total. The van der Waals surface area contributed by atoms with E-state index in [0.29, 0.717) is 0 Å². The summed E-state index contributed by atoms with van der Waals surface area (Å²) >= 11 is 1.57. The first-order chi connectivity index (χ1) is 7.74. The SMILES string of the molecule is C[C@H](SCc1ccccc1)C(=O)NCC#N. The van der Waals surface area contributed by atoms with Crippen LogP contribution in [-0.4, -0.2) is 17.7 Å². The summed E-state index contributed by atoms with van der Waals surface area (Å²) in [5.74, 6) is 0.726. The maximum Gasteiger partial charge on any atom is 0.233 e. The van der Waals surface area contributed by atoms with Gasteiger partial charge < -0.3 is 5.32 Å². The largest absolute Gasteiger partial charge is 0.342 e. The van der Waals surface area contributed by atoms with Crippen LogP contribution in [0.2, 0.25) is 0 Å². The van der Waals surface area contributed by atoms with E-state index in [-0.39, 0.29) is 17.7 Å². The lowest BCUT2D eigenvalue weighted by Gasteiger charge is -2.09. The standard InChI is InChI=1S/C12H14N2OS/c1-10(12(15)14-8-7-13)16-9-11-5-3-2-4-6-11/h2-6,10H,8-9H2,1H3,(H,14,15)/t10-/m0/s1. The third-order valence-corrected chi connectivity index (χ3v) is 3.27. The van der Waals surface area contributed by atoms with E-state index in [1.807, 2.05) is 43.3 Å². The second kappa shape index (κ2) is 6.91. The van der Waals surface area contributed by atoms with Crippen molar-refractivity contribution >= 4 is 17.7 Å². The van der Waals surface area contributed by atoms with Crippen molar-refractivity contribution in [2.45, 2.75) is 17.9 Å². The molecule has 0 aliphatic heterocycles. The number of nitriles is 1. The van der Waals surface area contributed by atoms with Crippen LogP contribution >= 0.6 is 11.8 Å². The van der Waals surface area contributed by atoms with Gasteiger partial charge in [-0.3, -0.25) is 4.79 Å². The Morgan fingerprint density at radius 1 is 1.50 bits per heavy atom. The molecule has 1 rings (SSSR count). The number of hydrogen-bond acceptors (Lipinski definition) is 3. The average molecular weight is 234 g/mol. The van der Waals surface area contributed by atoms with Crippen molar-refractivity contribution in [2.75, 3.05) is 6.54 Å². The second-order valence-corrected chi connectivity index (χ2v) is 4.64. The van der Waals surface area contributed by atoms with Crippen molar-refractivity contribution in [3.8, 4) is 6.07 Å². The van der Waals surface area contributed by atoms with Gasteiger partial charge in [0, 0.05) is 5.75 Å². The summed E-state index contributed by atoms with van der Waals surface area (Å²) in [7, 11) is 0. The lowest BCUT2D eigenvalue weighted by Crippen LogP contribution is -2.31. The predicted octanol–water partition coefficient (Wildman–Crippen LogP) is 1.95. The number of amides is 1. The Balaban J connectivity index is 2.33. The lowest BCUT2D eigenvalue weighted by molar-refractivity contribution is -0.120. The Kier molecular flexibility index (Phi) is 5.44. The molecular weight excluding hydrogens is 220 g/mol. The van der Waals surface area contributed by atoms with E-state index >= 15 is 0 Å². The molecule has 84 valence electrons. The monoisotopic (exact) mass is 234 g/mol. The molecule has 0 fully saturated rings. The molecule has 16 heavy (non-hydrogen) atoms. The molecule has 0 saturated carbocycles. The maximum absolute atomic E-state index is 11.4. The van der Waals surface area contributed by atoms with Gasteiger partial charge in [0.15, 0.2) is 0 Å². The van der Waals surface area contributed by atoms with E-state index in [1.165, 1.54) is 5.56 Å². The minimum Gasteiger partial charge on any atom is -0.342 e. The summed E-state index contributed by atoms with van der Waals surface area (Å²) in [5.41, 5.74) is 1.20. The summed E-state index contributed by atoms with van der Waals surface area (Å²) in [4.78, 5) is 11.4. The fourth-order valence-electron chi connectivity index (χ4n) is 1.14. The molecule has 4 heteroatoms. The number of nitrogens with zero attached hydrogens (tertiary/aromatic N) is 1. The topological polar surface area (TPSA) is 52.9 Å². The first-order valence-corrected chi connectivity index (χ1v) is 6.09. The van der Waals surface area contributed by atoms with Crippen LogP contribution in [0.15, 0.2) is 30.3 Å². The summed E-state index contributed by atoms with van der Waals surface area (Å²) in [6, 6.07) is 11.9. The average Bonchev–Trinajstić information content (AvgIpc) is 2.34. The molecule has 0 aliphatic rings. The maximum atomic E-state index is 11.4. The highest BCUT2D eigenvalue weighted by Crippen LogP contribution is 2.17. The van der Waals surface area contributed by atoms with Gasteiger partial charge in [0.05, 0.1) is 11.3 Å². The fourth-order valence-corrected chi connectivity index (χ4v) is 2.01. The minimum absolute atomic E-state index is 0.0784. The highest BCUT2D eigenvalue weighted by Gasteiger charge is 2.12. The molecule has 0 aromatic heterocycles. The van der Waals surface area contributed by atoms with Gasteiger partial charge in [0.25, 0.3) is 0 Å². The summed E-state index contributed by atoms with van der Waals surface area (Å²) in [6.07, 6.45) is 0. The van der Waals surface area contributed by atoms with Crippen molar-refractivity contribution in [3.63, 3.8) is 0 Å². The van der Waals surface area contributed by atoms with Crippen molar-refractivity contribution < 1.29 is 4.79 Å². The number of benzene rings is 1. The number of hydrogen-bond donors (Lipinski definition) is 1. The predicted molar refractivity (Wildman–Crippen MR) is 65.8 cm³/mol. The number of rotatable bonds is 5. The quantitative estimate of drug-likeness (QED) is 0.792. The van der Waals surface area contributed by atoms with Gasteiger partial charge in [-0.15, -0.1) is 11.8 Å². The fraction of sp³-hybridized carbons (Fsp3) is 0.333. The van der Waals surface area contributed by atoms with Crippen LogP contribution in [-0.2, 0) is 10.5 Å². The van der Waals surface area contributed by atoms with Crippen LogP contribution in [0, 0.1) is 11.3 Å². The smallest absolute Gasteiger partial charge is 0.233 e. The van der Waals surface area contributed by atoms with Gasteiger partial charge in [0.1, 0.15) is 6.54 Å². The number of nitrogens with one attached hydrogen (secondary N) is 1. The normalized spacial score (nSPS) is 11.5. The van der Waals surface area contributed by atoms with Crippen LogP contribution < -0.4 is 5.32 Å². The molecule has 1 atom stereocenters. The molecule has 3 nitrogen and oxygen atoms in total. The van der Waals surface area contributed by atoms with E-state index in [1.54, 1.807) is 11.8 Å². The van der Waals surface area contributed by atoms with E-state index in [2.05, 4.69) is 5.32 Å². The summed E-state index contributed by atoms with van der Waals surface area (Å²) < 4.78 is 0. The first-order valence-electron chi connectivity index (χ1n) is 5.04. The van der Waals surface area contributed by atoms with Crippen molar-refractivity contribution in [1.82, 2.24) is 5.32 Å². The Morgan fingerprint density at radius 2 is 2.19 bits per heavy atom. The molecule has 1 amide bonds. The van der Waals surface area contributed by atoms with Gasteiger partial charge in [-0.05, 0) is 12.5 Å². The van der Waals surface area contributed by atoms with Gasteiger partial charge in [-0.1, -0.05) is 30.3 Å². The van der Waals surface area contributed by atoms with Gasteiger partial charge in [-0.25, -0.2) is 0 Å². The number of carbonyl (C=O) groups excluding carboxylic acids is 1. The van der Waals surface area contributed by atoms with E-state index in [0.717, 1.165) is 5.75 Å². The molecular formula is C12H14N2OS. The minimum atomic E-state index is -0.131. The third kappa shape index (κ3) is 4.37. The van der Waals surface area contributed by atoms with Gasteiger partial charge >= 0.3 is 0 Å². The van der Waals surface area contributed by atoms with Crippen LogP contribution in [0.1, 0.15) is 12.5 Å². The zero-order valence-electron chi connectivity index (χ0n) is 9.14. The molecule has 0 bridgehead atoms. The summed E-state index contributed by atoms with van der Waals surface area (Å²) in [6.45, 7) is 1.93. The zero-order chi connectivity index (χ0) is 11.8. The van der Waals surface area contributed by atoms with Gasteiger partial charge in [0.2, 0.25) is 5.91 Å².